The van der Waals surface area contributed by atoms with Crippen LogP contribution < -0.4 is 5.32 Å². The van der Waals surface area contributed by atoms with Gasteiger partial charge in [-0.2, -0.15) is 0 Å². The van der Waals surface area contributed by atoms with E-state index in [1.165, 1.54) is 11.8 Å². The minimum Gasteiger partial charge on any atom is -0.376 e. The van der Waals surface area contributed by atoms with Crippen LogP contribution >= 0.6 is 11.8 Å². The molecule has 1 aliphatic rings. The van der Waals surface area contributed by atoms with E-state index in [-0.39, 0.29) is 12.0 Å². The highest BCUT2D eigenvalue weighted by Gasteiger charge is 2.19. The minimum absolute atomic E-state index is 0.0167. The van der Waals surface area contributed by atoms with Crippen molar-refractivity contribution >= 4 is 34.1 Å². The number of anilines is 1. The summed E-state index contributed by atoms with van der Waals surface area (Å²) in [5.74, 6) is 0.597. The van der Waals surface area contributed by atoms with Gasteiger partial charge < -0.3 is 10.1 Å². The smallest absolute Gasteiger partial charge is 0.225 e. The summed E-state index contributed by atoms with van der Waals surface area (Å²) in [4.78, 5) is 12.3. The lowest BCUT2D eigenvalue weighted by Gasteiger charge is -2.10. The van der Waals surface area contributed by atoms with Crippen molar-refractivity contribution in [1.29, 1.82) is 0 Å². The molecular formula is C19H21N5O2S. The van der Waals surface area contributed by atoms with Gasteiger partial charge in [0.2, 0.25) is 11.1 Å². The van der Waals surface area contributed by atoms with Gasteiger partial charge in [0.25, 0.3) is 0 Å². The van der Waals surface area contributed by atoms with Gasteiger partial charge in [-0.15, -0.1) is 5.10 Å². The predicted molar refractivity (Wildman–Crippen MR) is 105 cm³/mol. The highest BCUT2D eigenvalue weighted by atomic mass is 32.2. The minimum atomic E-state index is -0.0167. The average Bonchev–Trinajstić information content (AvgIpc) is 3.35. The van der Waals surface area contributed by atoms with E-state index in [1.54, 1.807) is 4.68 Å². The first-order valence-electron chi connectivity index (χ1n) is 9.08. The van der Waals surface area contributed by atoms with Crippen LogP contribution in [-0.4, -0.2) is 44.6 Å². The topological polar surface area (TPSA) is 81.9 Å². The molecule has 0 aliphatic carbocycles. The molecule has 0 radical (unpaired) electrons. The van der Waals surface area contributed by atoms with Crippen LogP contribution in [0.3, 0.4) is 0 Å². The number of ether oxygens (including phenoxy) is 1. The van der Waals surface area contributed by atoms with Gasteiger partial charge in [0, 0.05) is 29.9 Å². The molecule has 8 heteroatoms. The first-order valence-corrected chi connectivity index (χ1v) is 10.1. The number of benzene rings is 2. The number of nitrogens with one attached hydrogen (secondary N) is 1. The molecular weight excluding hydrogens is 362 g/mol. The van der Waals surface area contributed by atoms with E-state index in [2.05, 4.69) is 20.8 Å². The maximum absolute atomic E-state index is 12.3. The van der Waals surface area contributed by atoms with E-state index in [4.69, 9.17) is 4.74 Å². The number of hydrogen-bond acceptors (Lipinski definition) is 6. The van der Waals surface area contributed by atoms with Crippen LogP contribution in [0.5, 0.6) is 0 Å². The summed E-state index contributed by atoms with van der Waals surface area (Å²) >= 11 is 1.49. The second-order valence-electron chi connectivity index (χ2n) is 6.45. The third-order valence-electron chi connectivity index (χ3n) is 4.52. The number of carbonyl (C=O) groups excluding carboxylic acids is 1. The maximum Gasteiger partial charge on any atom is 0.225 e. The lowest BCUT2D eigenvalue weighted by molar-refractivity contribution is -0.115. The zero-order valence-corrected chi connectivity index (χ0v) is 15.7. The largest absolute Gasteiger partial charge is 0.376 e. The summed E-state index contributed by atoms with van der Waals surface area (Å²) in [6.07, 6.45) is 2.70. The SMILES string of the molecule is O=C(CCSc1nnnn1C[C@H]1CCCO1)Nc1cccc2ccccc12. The Kier molecular flexibility index (Phi) is 5.64. The molecule has 140 valence electrons. The number of hydrogen-bond donors (Lipinski definition) is 1. The van der Waals surface area contributed by atoms with Gasteiger partial charge in [-0.1, -0.05) is 48.2 Å². The standard InChI is InChI=1S/C19H21N5O2S/c25-18(20-17-9-3-6-14-5-1-2-8-16(14)17)10-12-27-19-21-22-23-24(19)13-15-7-4-11-26-15/h1-3,5-6,8-9,15H,4,7,10-13H2,(H,20,25)/t15-/m1/s1. The molecule has 3 aromatic rings. The van der Waals surface area contributed by atoms with Crippen molar-refractivity contribution in [2.75, 3.05) is 17.7 Å². The van der Waals surface area contributed by atoms with Crippen LogP contribution in [-0.2, 0) is 16.1 Å². The first kappa shape index (κ1) is 17.9. The fourth-order valence-electron chi connectivity index (χ4n) is 3.18. The van der Waals surface area contributed by atoms with Crippen LogP contribution in [0.2, 0.25) is 0 Å². The lowest BCUT2D eigenvalue weighted by atomic mass is 10.1. The molecule has 1 aromatic heterocycles. The highest BCUT2D eigenvalue weighted by molar-refractivity contribution is 7.99. The molecule has 1 aliphatic heterocycles. The van der Waals surface area contributed by atoms with Crippen molar-refractivity contribution in [3.8, 4) is 0 Å². The van der Waals surface area contributed by atoms with Gasteiger partial charge in [0.15, 0.2) is 0 Å². The van der Waals surface area contributed by atoms with Gasteiger partial charge >= 0.3 is 0 Å². The summed E-state index contributed by atoms with van der Waals surface area (Å²) < 4.78 is 7.40. The van der Waals surface area contributed by atoms with Gasteiger partial charge in [-0.3, -0.25) is 4.79 Å². The molecule has 2 heterocycles. The fraction of sp³-hybridized carbons (Fsp3) is 0.368. The quantitative estimate of drug-likeness (QED) is 0.631. The molecule has 0 unspecified atom stereocenters. The van der Waals surface area contributed by atoms with E-state index in [0.29, 0.717) is 18.7 Å². The zero-order chi connectivity index (χ0) is 18.5. The molecule has 1 N–H and O–H groups in total. The highest BCUT2D eigenvalue weighted by Crippen LogP contribution is 2.24. The van der Waals surface area contributed by atoms with E-state index in [0.717, 1.165) is 41.1 Å². The normalized spacial score (nSPS) is 16.7. The van der Waals surface area contributed by atoms with E-state index in [9.17, 15) is 4.79 Å². The van der Waals surface area contributed by atoms with Gasteiger partial charge in [-0.25, -0.2) is 4.68 Å². The number of fused-ring (bicyclic) bond motifs is 1. The van der Waals surface area contributed by atoms with Gasteiger partial charge in [0.1, 0.15) is 0 Å². The molecule has 2 aromatic carbocycles. The number of rotatable bonds is 7. The van der Waals surface area contributed by atoms with E-state index >= 15 is 0 Å². The van der Waals surface area contributed by atoms with Gasteiger partial charge in [0.05, 0.1) is 12.6 Å². The Morgan fingerprint density at radius 2 is 2.15 bits per heavy atom. The molecule has 0 bridgehead atoms. The average molecular weight is 383 g/mol. The van der Waals surface area contributed by atoms with Crippen molar-refractivity contribution < 1.29 is 9.53 Å². The molecule has 1 fully saturated rings. The Morgan fingerprint density at radius 3 is 3.04 bits per heavy atom. The Morgan fingerprint density at radius 1 is 1.26 bits per heavy atom. The molecule has 27 heavy (non-hydrogen) atoms. The molecule has 1 amide bonds. The number of amides is 1. The van der Waals surface area contributed by atoms with Crippen LogP contribution in [0.25, 0.3) is 10.8 Å². The fourth-order valence-corrected chi connectivity index (χ4v) is 4.00. The Balaban J connectivity index is 1.30. The number of nitrogens with zero attached hydrogens (tertiary/aromatic N) is 4. The number of aromatic nitrogens is 4. The molecule has 0 saturated carbocycles. The number of thioether (sulfide) groups is 1. The number of tetrazole rings is 1. The van der Waals surface area contributed by atoms with E-state index < -0.39 is 0 Å². The van der Waals surface area contributed by atoms with Crippen molar-refractivity contribution in [2.45, 2.75) is 37.1 Å². The van der Waals surface area contributed by atoms with Crippen LogP contribution in [0.4, 0.5) is 5.69 Å². The second-order valence-corrected chi connectivity index (χ2v) is 7.51. The van der Waals surface area contributed by atoms with Crippen molar-refractivity contribution in [2.24, 2.45) is 0 Å². The van der Waals surface area contributed by atoms with E-state index in [1.807, 2.05) is 42.5 Å². The molecule has 4 rings (SSSR count). The van der Waals surface area contributed by atoms with Crippen molar-refractivity contribution in [3.05, 3.63) is 42.5 Å². The van der Waals surface area contributed by atoms with Crippen molar-refractivity contribution in [1.82, 2.24) is 20.2 Å². The molecule has 0 spiro atoms. The summed E-state index contributed by atoms with van der Waals surface area (Å²) in [5, 5.41) is 17.7. The molecule has 1 saturated heterocycles. The van der Waals surface area contributed by atoms with Crippen LogP contribution in [0, 0.1) is 0 Å². The number of carbonyl (C=O) groups is 1. The lowest BCUT2D eigenvalue weighted by Crippen LogP contribution is -2.17. The van der Waals surface area contributed by atoms with Crippen molar-refractivity contribution in [3.63, 3.8) is 0 Å². The summed E-state index contributed by atoms with van der Waals surface area (Å²) in [6.45, 7) is 1.47. The summed E-state index contributed by atoms with van der Waals surface area (Å²) in [5.41, 5.74) is 0.839. The Hall–Kier alpha value is -2.45. The van der Waals surface area contributed by atoms with Crippen LogP contribution in [0.1, 0.15) is 19.3 Å². The molecule has 1 atom stereocenters. The maximum atomic E-state index is 12.3. The third-order valence-corrected chi connectivity index (χ3v) is 5.48. The summed E-state index contributed by atoms with van der Waals surface area (Å²) in [6, 6.07) is 13.9. The summed E-state index contributed by atoms with van der Waals surface area (Å²) in [7, 11) is 0. The Labute approximate surface area is 161 Å². The second kappa shape index (κ2) is 8.49. The van der Waals surface area contributed by atoms with Gasteiger partial charge in [-0.05, 0) is 34.7 Å². The van der Waals surface area contributed by atoms with Crippen LogP contribution in [0.15, 0.2) is 47.6 Å². The first-order chi connectivity index (χ1) is 13.3. The zero-order valence-electron chi connectivity index (χ0n) is 14.9. The Bertz CT molecular complexity index is 918. The third kappa shape index (κ3) is 4.45. The predicted octanol–water partition coefficient (Wildman–Crippen LogP) is 3.13. The monoisotopic (exact) mass is 383 g/mol. The molecule has 7 nitrogen and oxygen atoms in total.